The van der Waals surface area contributed by atoms with Crippen molar-refractivity contribution in [1.29, 1.82) is 0 Å². The quantitative estimate of drug-likeness (QED) is 0.572. The molecule has 202 valence electrons. The zero-order valence-corrected chi connectivity index (χ0v) is 22.0. The summed E-state index contributed by atoms with van der Waals surface area (Å²) in [6, 6.07) is 10.2. The zero-order chi connectivity index (χ0) is 27.7. The largest absolute Gasteiger partial charge is 0.496 e. The van der Waals surface area contributed by atoms with Gasteiger partial charge in [-0.25, -0.2) is 12.8 Å². The third-order valence-corrected chi connectivity index (χ3v) is 9.48. The van der Waals surface area contributed by atoms with Crippen molar-refractivity contribution in [2.75, 3.05) is 20.2 Å². The number of benzene rings is 2. The summed E-state index contributed by atoms with van der Waals surface area (Å²) < 4.78 is 45.7. The van der Waals surface area contributed by atoms with Crippen LogP contribution in [0.1, 0.15) is 36.8 Å². The summed E-state index contributed by atoms with van der Waals surface area (Å²) >= 11 is 0. The third-order valence-electron chi connectivity index (χ3n) is 7.13. The number of amides is 2. The third kappa shape index (κ3) is 4.94. The van der Waals surface area contributed by atoms with Crippen LogP contribution in [0, 0.1) is 18.7 Å². The number of hydrogen-bond acceptors (Lipinski definition) is 7. The van der Waals surface area contributed by atoms with Crippen LogP contribution in [-0.2, 0) is 35.4 Å². The number of aryl methyl sites for hydroxylation is 1. The van der Waals surface area contributed by atoms with Gasteiger partial charge >= 0.3 is 0 Å². The Morgan fingerprint density at radius 1 is 1.05 bits per heavy atom. The predicted octanol–water partition coefficient (Wildman–Crippen LogP) is 2.14. The van der Waals surface area contributed by atoms with E-state index in [4.69, 9.17) is 4.74 Å². The van der Waals surface area contributed by atoms with Crippen LogP contribution in [0.25, 0.3) is 0 Å². The van der Waals surface area contributed by atoms with E-state index in [2.05, 4.69) is 5.32 Å². The fraction of sp³-hybridized carbons (Fsp3) is 0.407. The highest BCUT2D eigenvalue weighted by molar-refractivity contribution is 7.93. The molecule has 3 saturated heterocycles. The van der Waals surface area contributed by atoms with Crippen molar-refractivity contribution >= 4 is 33.2 Å². The molecule has 2 aromatic carbocycles. The van der Waals surface area contributed by atoms with Gasteiger partial charge in [0.05, 0.1) is 18.4 Å². The van der Waals surface area contributed by atoms with Gasteiger partial charge in [0.25, 0.3) is 0 Å². The van der Waals surface area contributed by atoms with E-state index in [1.54, 1.807) is 12.1 Å². The number of ketones is 2. The number of hydrogen-bond donors (Lipinski definition) is 1. The van der Waals surface area contributed by atoms with Gasteiger partial charge in [-0.3, -0.25) is 19.2 Å². The molecule has 2 atom stereocenters. The van der Waals surface area contributed by atoms with E-state index < -0.39 is 32.2 Å². The number of sulfone groups is 1. The standard InChI is InChI=1S/C21H20FNO5S.C6H9NO2/c1-13-3-6-17(7-4-13)29(26,27)21-11-19(24)23(21)12-15(20(21)25)9-14-10-16(22)5-8-18(14)28-2;8-5-1-2-6(9)7-4-3-5/h3-8,10,15H,9,11-12H2,1-2H3;1-4H2,(H,7,9). The monoisotopic (exact) mass is 544 g/mol. The Morgan fingerprint density at radius 2 is 1.76 bits per heavy atom. The summed E-state index contributed by atoms with van der Waals surface area (Å²) in [7, 11) is -2.66. The Kier molecular flexibility index (Phi) is 7.68. The van der Waals surface area contributed by atoms with E-state index in [1.165, 1.54) is 37.4 Å². The summed E-state index contributed by atoms with van der Waals surface area (Å²) in [5.74, 6) is -1.53. The molecule has 3 heterocycles. The lowest BCUT2D eigenvalue weighted by atomic mass is 9.92. The SMILES string of the molecule is COc1ccc(F)cc1CC1CN2C(=O)CC2(S(=O)(=O)c2ccc(C)cc2)C1=O.O=C1CCNC(=O)CC1. The van der Waals surface area contributed by atoms with Gasteiger partial charge in [-0.05, 0) is 49.2 Å². The van der Waals surface area contributed by atoms with E-state index in [1.807, 2.05) is 6.92 Å². The second kappa shape index (κ2) is 10.6. The van der Waals surface area contributed by atoms with Crippen molar-refractivity contribution < 1.29 is 36.7 Å². The van der Waals surface area contributed by atoms with Crippen LogP contribution in [0.15, 0.2) is 47.4 Å². The molecule has 2 aromatic rings. The Hall–Kier alpha value is -3.60. The molecule has 1 N–H and O–H groups in total. The summed E-state index contributed by atoms with van der Waals surface area (Å²) in [4.78, 5) is 46.0. The van der Waals surface area contributed by atoms with Crippen LogP contribution in [0.2, 0.25) is 0 Å². The van der Waals surface area contributed by atoms with Gasteiger partial charge in [0.15, 0.2) is 5.78 Å². The van der Waals surface area contributed by atoms with Gasteiger partial charge in [-0.15, -0.1) is 0 Å². The summed E-state index contributed by atoms with van der Waals surface area (Å²) in [6.45, 7) is 2.34. The molecule has 38 heavy (non-hydrogen) atoms. The lowest BCUT2D eigenvalue weighted by molar-refractivity contribution is -0.150. The first kappa shape index (κ1) is 27.4. The second-order valence-electron chi connectivity index (χ2n) is 9.64. The highest BCUT2D eigenvalue weighted by Gasteiger charge is 2.70. The van der Waals surface area contributed by atoms with Gasteiger partial charge in [-0.1, -0.05) is 17.7 Å². The molecule has 2 unspecified atom stereocenters. The molecule has 0 aliphatic carbocycles. The van der Waals surface area contributed by atoms with Gasteiger partial charge in [-0.2, -0.15) is 0 Å². The molecule has 9 nitrogen and oxygen atoms in total. The fourth-order valence-corrected chi connectivity index (χ4v) is 7.12. The maximum atomic E-state index is 13.7. The normalized spacial score (nSPS) is 23.0. The Morgan fingerprint density at radius 3 is 2.42 bits per heavy atom. The number of fused-ring (bicyclic) bond motifs is 1. The van der Waals surface area contributed by atoms with E-state index in [9.17, 15) is 32.0 Å². The van der Waals surface area contributed by atoms with Crippen LogP contribution >= 0.6 is 0 Å². The number of nitrogens with zero attached hydrogens (tertiary/aromatic N) is 1. The van der Waals surface area contributed by atoms with E-state index in [-0.39, 0.29) is 41.9 Å². The minimum atomic E-state index is -4.10. The van der Waals surface area contributed by atoms with Crippen molar-refractivity contribution in [2.45, 2.75) is 48.8 Å². The molecule has 2 amide bonds. The molecule has 11 heteroatoms. The number of carbonyl (C=O) groups excluding carboxylic acids is 4. The number of Topliss-reactive ketones (excluding diaryl/α,β-unsaturated/α-hetero) is 2. The van der Waals surface area contributed by atoms with E-state index in [0.717, 1.165) is 10.5 Å². The summed E-state index contributed by atoms with van der Waals surface area (Å²) in [5.41, 5.74) is 1.35. The number of β-lactam (4-membered cyclic amide) rings is 1. The van der Waals surface area contributed by atoms with Crippen LogP contribution in [0.4, 0.5) is 4.39 Å². The fourth-order valence-electron chi connectivity index (χ4n) is 5.02. The highest BCUT2D eigenvalue weighted by atomic mass is 32.2. The molecule has 5 rings (SSSR count). The van der Waals surface area contributed by atoms with Gasteiger partial charge in [0, 0.05) is 38.3 Å². The molecule has 3 aliphatic rings. The number of ether oxygens (including phenoxy) is 1. The minimum Gasteiger partial charge on any atom is -0.496 e. The van der Waals surface area contributed by atoms with E-state index >= 15 is 0 Å². The highest BCUT2D eigenvalue weighted by Crippen LogP contribution is 2.48. The molecule has 0 bridgehead atoms. The Bertz CT molecular complexity index is 1370. The number of rotatable bonds is 5. The Labute approximate surface area is 220 Å². The van der Waals surface area contributed by atoms with Crippen LogP contribution in [0.3, 0.4) is 0 Å². The molecule has 0 spiro atoms. The molecule has 0 aromatic heterocycles. The van der Waals surface area contributed by atoms with Crippen molar-refractivity contribution in [2.24, 2.45) is 5.92 Å². The van der Waals surface area contributed by atoms with Gasteiger partial charge in [0.1, 0.15) is 17.3 Å². The predicted molar refractivity (Wildman–Crippen MR) is 134 cm³/mol. The van der Waals surface area contributed by atoms with Crippen molar-refractivity contribution in [3.05, 3.63) is 59.4 Å². The number of halogens is 1. The average molecular weight is 545 g/mol. The average Bonchev–Trinajstić information content (AvgIpc) is 2.96. The first-order chi connectivity index (χ1) is 18.0. The van der Waals surface area contributed by atoms with Crippen molar-refractivity contribution in [1.82, 2.24) is 10.2 Å². The maximum absolute atomic E-state index is 13.7. The Balaban J connectivity index is 0.000000317. The molecule has 0 radical (unpaired) electrons. The van der Waals surface area contributed by atoms with Crippen LogP contribution in [-0.4, -0.2) is 61.8 Å². The number of methoxy groups -OCH3 is 1. The first-order valence-electron chi connectivity index (χ1n) is 12.3. The minimum absolute atomic E-state index is 0.000787. The molecule has 0 saturated carbocycles. The lowest BCUT2D eigenvalue weighted by Crippen LogP contribution is -2.67. The van der Waals surface area contributed by atoms with Crippen LogP contribution < -0.4 is 10.1 Å². The van der Waals surface area contributed by atoms with Crippen molar-refractivity contribution in [3.8, 4) is 5.75 Å². The van der Waals surface area contributed by atoms with Crippen molar-refractivity contribution in [3.63, 3.8) is 0 Å². The smallest absolute Gasteiger partial charge is 0.228 e. The lowest BCUT2D eigenvalue weighted by Gasteiger charge is -2.44. The zero-order valence-electron chi connectivity index (χ0n) is 21.2. The summed E-state index contributed by atoms with van der Waals surface area (Å²) in [5, 5.41) is 2.62. The number of nitrogens with one attached hydrogen (secondary N) is 1. The molecular weight excluding hydrogens is 515 g/mol. The van der Waals surface area contributed by atoms with Gasteiger partial charge < -0.3 is 15.0 Å². The molecular formula is C27H29FN2O7S. The van der Waals surface area contributed by atoms with E-state index in [0.29, 0.717) is 37.1 Å². The number of carbonyl (C=O) groups is 4. The second-order valence-corrected chi connectivity index (χ2v) is 11.8. The van der Waals surface area contributed by atoms with Gasteiger partial charge in [0.2, 0.25) is 26.5 Å². The first-order valence-corrected chi connectivity index (χ1v) is 13.7. The molecule has 3 fully saturated rings. The molecule has 3 aliphatic heterocycles. The van der Waals surface area contributed by atoms with Crippen LogP contribution in [0.5, 0.6) is 5.75 Å². The maximum Gasteiger partial charge on any atom is 0.228 e. The topological polar surface area (TPSA) is 127 Å². The summed E-state index contributed by atoms with van der Waals surface area (Å²) in [6.07, 6.45) is 1.03.